The van der Waals surface area contributed by atoms with Gasteiger partial charge in [-0.25, -0.2) is 9.97 Å². The number of aromatic nitrogens is 2. The van der Waals surface area contributed by atoms with Gasteiger partial charge in [0.05, 0.1) is 19.1 Å². The van der Waals surface area contributed by atoms with Crippen LogP contribution in [-0.2, 0) is 27.3 Å². The van der Waals surface area contributed by atoms with E-state index in [-0.39, 0.29) is 30.3 Å². The Balaban J connectivity index is 1.64. The van der Waals surface area contributed by atoms with Crippen LogP contribution in [0.15, 0.2) is 24.3 Å². The Kier molecular flexibility index (Phi) is 6.21. The number of likely N-dealkylation sites (tertiary alicyclic amines) is 1. The molecule has 8 nitrogen and oxygen atoms in total. The number of hydrogen-bond donors (Lipinski definition) is 1. The van der Waals surface area contributed by atoms with E-state index in [0.717, 1.165) is 29.7 Å². The molecule has 1 N–H and O–H groups in total. The molecule has 1 fully saturated rings. The minimum atomic E-state index is -0.251. The summed E-state index contributed by atoms with van der Waals surface area (Å²) in [6, 6.07) is 7.89. The lowest BCUT2D eigenvalue weighted by Crippen LogP contribution is -2.40. The van der Waals surface area contributed by atoms with E-state index in [2.05, 4.69) is 5.32 Å². The zero-order valence-corrected chi connectivity index (χ0v) is 18.9. The number of aryl methyl sites for hydroxylation is 2. The van der Waals surface area contributed by atoms with Gasteiger partial charge in [0.25, 0.3) is 0 Å². The van der Waals surface area contributed by atoms with Crippen LogP contribution < -0.4 is 10.2 Å². The topological polar surface area (TPSA) is 95.5 Å². The van der Waals surface area contributed by atoms with E-state index in [1.165, 1.54) is 12.5 Å². The fraction of sp³-hybridized carbons (Fsp3) is 0.458. The van der Waals surface area contributed by atoms with Crippen LogP contribution in [0.1, 0.15) is 60.4 Å². The highest BCUT2D eigenvalue weighted by atomic mass is 16.2. The summed E-state index contributed by atoms with van der Waals surface area (Å²) in [4.78, 5) is 49.8. The van der Waals surface area contributed by atoms with Crippen LogP contribution >= 0.6 is 0 Å². The summed E-state index contributed by atoms with van der Waals surface area (Å²) in [6.45, 7) is 6.40. The second-order valence-corrected chi connectivity index (χ2v) is 8.59. The van der Waals surface area contributed by atoms with E-state index >= 15 is 0 Å². The molecule has 0 aliphatic carbocycles. The summed E-state index contributed by atoms with van der Waals surface area (Å²) in [7, 11) is 0. The highest BCUT2D eigenvalue weighted by Crippen LogP contribution is 2.35. The molecule has 2 aromatic rings. The molecule has 2 aliphatic rings. The smallest absolute Gasteiger partial charge is 0.242 e. The predicted molar refractivity (Wildman–Crippen MR) is 120 cm³/mol. The zero-order chi connectivity index (χ0) is 22.8. The lowest BCUT2D eigenvalue weighted by Gasteiger charge is -2.31. The molecule has 3 amide bonds. The minimum Gasteiger partial charge on any atom is -0.347 e. The molecule has 0 saturated carbocycles. The van der Waals surface area contributed by atoms with E-state index in [0.29, 0.717) is 37.6 Å². The van der Waals surface area contributed by atoms with Crippen molar-refractivity contribution in [2.24, 2.45) is 0 Å². The Bertz CT molecular complexity index is 1050. The zero-order valence-electron chi connectivity index (χ0n) is 18.9. The van der Waals surface area contributed by atoms with Crippen molar-refractivity contribution in [1.29, 1.82) is 0 Å². The Morgan fingerprint density at radius 3 is 2.59 bits per heavy atom. The summed E-state index contributed by atoms with van der Waals surface area (Å²) in [6.07, 6.45) is 2.67. The molecule has 168 valence electrons. The molecule has 1 saturated heterocycles. The number of benzene rings is 1. The molecule has 2 aliphatic heterocycles. The average molecular weight is 436 g/mol. The molecule has 4 rings (SSSR count). The Morgan fingerprint density at radius 1 is 1.12 bits per heavy atom. The maximum atomic E-state index is 12.9. The van der Waals surface area contributed by atoms with Crippen LogP contribution in [0.2, 0.25) is 0 Å². The van der Waals surface area contributed by atoms with Gasteiger partial charge in [-0.2, -0.15) is 0 Å². The number of anilines is 1. The summed E-state index contributed by atoms with van der Waals surface area (Å²) < 4.78 is 0. The largest absolute Gasteiger partial charge is 0.347 e. The maximum Gasteiger partial charge on any atom is 0.242 e. The van der Waals surface area contributed by atoms with E-state index in [9.17, 15) is 14.4 Å². The maximum absolute atomic E-state index is 12.9. The lowest BCUT2D eigenvalue weighted by atomic mass is 10.0. The van der Waals surface area contributed by atoms with Crippen molar-refractivity contribution in [2.45, 2.75) is 59.0 Å². The summed E-state index contributed by atoms with van der Waals surface area (Å²) in [5.41, 5.74) is 4.06. The molecule has 1 atom stereocenters. The Labute approximate surface area is 188 Å². The minimum absolute atomic E-state index is 0.0339. The summed E-state index contributed by atoms with van der Waals surface area (Å²) in [5, 5.41) is 2.58. The number of amides is 3. The first-order valence-corrected chi connectivity index (χ1v) is 11.1. The number of fused-ring (bicyclic) bond motifs is 1. The average Bonchev–Trinajstić information content (AvgIpc) is 3.25. The third-order valence-corrected chi connectivity index (χ3v) is 6.18. The quantitative estimate of drug-likeness (QED) is 0.778. The first-order valence-electron chi connectivity index (χ1n) is 11.1. The highest BCUT2D eigenvalue weighted by molar-refractivity contribution is 5.95. The van der Waals surface area contributed by atoms with Gasteiger partial charge in [-0.15, -0.1) is 0 Å². The SMILES string of the molecule is CC(=O)NCC(=O)N1CCC[C@H]1c1nc(C)c2c(n1)N(Cc1ccc(C)cc1)C(=O)CC2. The van der Waals surface area contributed by atoms with Gasteiger partial charge >= 0.3 is 0 Å². The number of rotatable bonds is 5. The van der Waals surface area contributed by atoms with Crippen LogP contribution in [0.4, 0.5) is 5.82 Å². The van der Waals surface area contributed by atoms with Crippen molar-refractivity contribution in [3.63, 3.8) is 0 Å². The third kappa shape index (κ3) is 4.49. The van der Waals surface area contributed by atoms with Gasteiger partial charge in [0.2, 0.25) is 17.7 Å². The number of hydrogen-bond acceptors (Lipinski definition) is 5. The van der Waals surface area contributed by atoms with E-state index < -0.39 is 0 Å². The van der Waals surface area contributed by atoms with Crippen molar-refractivity contribution in [1.82, 2.24) is 20.2 Å². The first kappa shape index (κ1) is 21.9. The molecule has 1 aromatic carbocycles. The van der Waals surface area contributed by atoms with Crippen molar-refractivity contribution in [3.8, 4) is 0 Å². The lowest BCUT2D eigenvalue weighted by molar-refractivity contribution is -0.133. The van der Waals surface area contributed by atoms with Gasteiger partial charge in [0.1, 0.15) is 5.82 Å². The molecule has 3 heterocycles. The fourth-order valence-electron chi connectivity index (χ4n) is 4.43. The van der Waals surface area contributed by atoms with Crippen molar-refractivity contribution < 1.29 is 14.4 Å². The highest BCUT2D eigenvalue weighted by Gasteiger charge is 2.35. The molecule has 8 heteroatoms. The van der Waals surface area contributed by atoms with Gasteiger partial charge in [0.15, 0.2) is 5.82 Å². The number of carbonyl (C=O) groups excluding carboxylic acids is 3. The number of carbonyl (C=O) groups is 3. The van der Waals surface area contributed by atoms with Crippen LogP contribution in [0, 0.1) is 13.8 Å². The number of nitrogens with one attached hydrogen (secondary N) is 1. The molecular formula is C24H29N5O3. The van der Waals surface area contributed by atoms with Crippen molar-refractivity contribution >= 4 is 23.5 Å². The Morgan fingerprint density at radius 2 is 1.88 bits per heavy atom. The molecule has 0 radical (unpaired) electrons. The molecule has 32 heavy (non-hydrogen) atoms. The summed E-state index contributed by atoms with van der Waals surface area (Å²) in [5.74, 6) is 0.894. The number of nitrogens with zero attached hydrogens (tertiary/aromatic N) is 4. The van der Waals surface area contributed by atoms with Gasteiger partial charge in [-0.1, -0.05) is 29.8 Å². The molecule has 0 bridgehead atoms. The van der Waals surface area contributed by atoms with Gasteiger partial charge in [0, 0.05) is 31.1 Å². The van der Waals surface area contributed by atoms with E-state index in [1.807, 2.05) is 38.1 Å². The Hall–Kier alpha value is -3.29. The van der Waals surface area contributed by atoms with Crippen LogP contribution in [-0.4, -0.2) is 45.7 Å². The second kappa shape index (κ2) is 9.06. The van der Waals surface area contributed by atoms with E-state index in [1.54, 1.807) is 9.80 Å². The molecule has 1 aromatic heterocycles. The fourth-order valence-corrected chi connectivity index (χ4v) is 4.43. The first-order chi connectivity index (χ1) is 15.3. The normalized spacial score (nSPS) is 18.0. The predicted octanol–water partition coefficient (Wildman–Crippen LogP) is 2.37. The van der Waals surface area contributed by atoms with Crippen LogP contribution in [0.3, 0.4) is 0 Å². The summed E-state index contributed by atoms with van der Waals surface area (Å²) >= 11 is 0. The third-order valence-electron chi connectivity index (χ3n) is 6.18. The molecular weight excluding hydrogens is 406 g/mol. The van der Waals surface area contributed by atoms with Crippen molar-refractivity contribution in [2.75, 3.05) is 18.0 Å². The van der Waals surface area contributed by atoms with Crippen LogP contribution in [0.5, 0.6) is 0 Å². The van der Waals surface area contributed by atoms with Crippen LogP contribution in [0.25, 0.3) is 0 Å². The standard InChI is InChI=1S/C24H29N5O3/c1-15-6-8-18(9-7-15)14-29-21(31)11-10-19-16(2)26-23(27-24(19)29)20-5-4-12-28(20)22(32)13-25-17(3)30/h6-9,20H,4-5,10-14H2,1-3H3,(H,25,30)/t20-/m0/s1. The van der Waals surface area contributed by atoms with Gasteiger partial charge in [-0.3, -0.25) is 19.3 Å². The van der Waals surface area contributed by atoms with Crippen molar-refractivity contribution in [3.05, 3.63) is 52.5 Å². The molecule has 0 spiro atoms. The van der Waals surface area contributed by atoms with Gasteiger partial charge in [-0.05, 0) is 38.7 Å². The second-order valence-electron chi connectivity index (χ2n) is 8.59. The van der Waals surface area contributed by atoms with E-state index in [4.69, 9.17) is 9.97 Å². The monoisotopic (exact) mass is 435 g/mol. The van der Waals surface area contributed by atoms with Gasteiger partial charge < -0.3 is 10.2 Å². The molecule has 0 unspecified atom stereocenters.